The molecule has 3 heteroatoms. The summed E-state index contributed by atoms with van der Waals surface area (Å²) in [5.74, 6) is 0. The average Bonchev–Trinajstić information content (AvgIpc) is 2.48. The largest absolute Gasteiger partial charge is 0.278 e. The molecule has 0 fully saturated rings. The van der Waals surface area contributed by atoms with Crippen LogP contribution in [0.1, 0.15) is 5.56 Å². The van der Waals surface area contributed by atoms with Crippen molar-refractivity contribution >= 4 is 22.8 Å². The molecule has 0 radical (unpaired) electrons. The van der Waals surface area contributed by atoms with E-state index in [-0.39, 0.29) is 0 Å². The van der Waals surface area contributed by atoms with Crippen molar-refractivity contribution in [3.8, 4) is 0 Å². The van der Waals surface area contributed by atoms with E-state index in [0.29, 0.717) is 0 Å². The minimum Gasteiger partial charge on any atom is -0.278 e. The van der Waals surface area contributed by atoms with Crippen LogP contribution in [0.25, 0.3) is 10.9 Å². The highest BCUT2D eigenvalue weighted by Gasteiger charge is 1.95. The van der Waals surface area contributed by atoms with Gasteiger partial charge >= 0.3 is 0 Å². The van der Waals surface area contributed by atoms with Crippen LogP contribution < -0.4 is 5.43 Å². The van der Waals surface area contributed by atoms with Gasteiger partial charge in [-0.25, -0.2) is 0 Å². The second kappa shape index (κ2) is 5.31. The molecule has 0 bridgehead atoms. The maximum Gasteiger partial charge on any atom is 0.0703 e. The van der Waals surface area contributed by atoms with Gasteiger partial charge in [0.05, 0.1) is 17.4 Å². The van der Waals surface area contributed by atoms with Gasteiger partial charge in [-0.15, -0.1) is 0 Å². The first-order valence-corrected chi connectivity index (χ1v) is 6.11. The van der Waals surface area contributed by atoms with E-state index in [1.807, 2.05) is 60.7 Å². The standard InChI is InChI=1S/C16H13N3/c1-2-5-13(6-3-1)12-18-19-15-8-9-16-14(11-15)7-4-10-17-16/h1-12,19H/b18-12+. The molecular formula is C16H13N3. The van der Waals surface area contributed by atoms with Crippen LogP contribution in [0.3, 0.4) is 0 Å². The van der Waals surface area contributed by atoms with Crippen molar-refractivity contribution in [1.29, 1.82) is 0 Å². The summed E-state index contributed by atoms with van der Waals surface area (Å²) in [5.41, 5.74) is 6.03. The Labute approximate surface area is 111 Å². The molecule has 0 unspecified atom stereocenters. The number of aromatic nitrogens is 1. The monoisotopic (exact) mass is 247 g/mol. The third-order valence-corrected chi connectivity index (χ3v) is 2.81. The second-order valence-corrected chi connectivity index (χ2v) is 4.19. The molecule has 0 spiro atoms. The molecule has 0 aliphatic heterocycles. The van der Waals surface area contributed by atoms with Crippen LogP contribution in [0.2, 0.25) is 0 Å². The molecule has 3 nitrogen and oxygen atoms in total. The van der Waals surface area contributed by atoms with E-state index in [2.05, 4.69) is 15.5 Å². The van der Waals surface area contributed by atoms with Crippen LogP contribution in [0.15, 0.2) is 72.0 Å². The van der Waals surface area contributed by atoms with Crippen LogP contribution in [0.5, 0.6) is 0 Å². The Bertz CT molecular complexity index is 705. The van der Waals surface area contributed by atoms with E-state index in [0.717, 1.165) is 22.2 Å². The number of hydrazone groups is 1. The van der Waals surface area contributed by atoms with Gasteiger partial charge in [0.1, 0.15) is 0 Å². The maximum atomic E-state index is 4.28. The van der Waals surface area contributed by atoms with E-state index in [9.17, 15) is 0 Å². The lowest BCUT2D eigenvalue weighted by Gasteiger charge is -2.02. The molecule has 19 heavy (non-hydrogen) atoms. The van der Waals surface area contributed by atoms with Gasteiger partial charge in [-0.05, 0) is 29.8 Å². The number of hydrogen-bond acceptors (Lipinski definition) is 3. The van der Waals surface area contributed by atoms with Crippen LogP contribution in [-0.4, -0.2) is 11.2 Å². The zero-order valence-corrected chi connectivity index (χ0v) is 10.3. The quantitative estimate of drug-likeness (QED) is 0.566. The highest BCUT2D eigenvalue weighted by Crippen LogP contribution is 2.16. The van der Waals surface area contributed by atoms with Crippen molar-refractivity contribution < 1.29 is 0 Å². The lowest BCUT2D eigenvalue weighted by atomic mass is 10.2. The fourth-order valence-electron chi connectivity index (χ4n) is 1.87. The number of pyridine rings is 1. The van der Waals surface area contributed by atoms with Gasteiger partial charge < -0.3 is 0 Å². The normalized spacial score (nSPS) is 10.9. The SMILES string of the molecule is C(=N\Nc1ccc2ncccc2c1)/c1ccccc1. The first-order chi connectivity index (χ1) is 9.42. The smallest absolute Gasteiger partial charge is 0.0703 e. The van der Waals surface area contributed by atoms with E-state index in [1.54, 1.807) is 12.4 Å². The van der Waals surface area contributed by atoms with Crippen molar-refractivity contribution in [2.75, 3.05) is 5.43 Å². The summed E-state index contributed by atoms with van der Waals surface area (Å²) in [6.07, 6.45) is 3.59. The molecule has 0 atom stereocenters. The van der Waals surface area contributed by atoms with Gasteiger partial charge in [-0.2, -0.15) is 5.10 Å². The van der Waals surface area contributed by atoms with Crippen LogP contribution in [-0.2, 0) is 0 Å². The van der Waals surface area contributed by atoms with E-state index in [1.165, 1.54) is 0 Å². The maximum absolute atomic E-state index is 4.28. The molecule has 0 saturated heterocycles. The third-order valence-electron chi connectivity index (χ3n) is 2.81. The Hall–Kier alpha value is -2.68. The van der Waals surface area contributed by atoms with E-state index < -0.39 is 0 Å². The predicted molar refractivity (Wildman–Crippen MR) is 79.4 cm³/mol. The number of benzene rings is 2. The van der Waals surface area contributed by atoms with Gasteiger partial charge in [-0.3, -0.25) is 10.4 Å². The Kier molecular flexibility index (Phi) is 3.19. The number of rotatable bonds is 3. The Balaban J connectivity index is 1.77. The van der Waals surface area contributed by atoms with E-state index >= 15 is 0 Å². The van der Waals surface area contributed by atoms with Gasteiger partial charge in [0.2, 0.25) is 0 Å². The number of nitrogens with one attached hydrogen (secondary N) is 1. The molecule has 92 valence electrons. The number of anilines is 1. The van der Waals surface area contributed by atoms with E-state index in [4.69, 9.17) is 0 Å². The summed E-state index contributed by atoms with van der Waals surface area (Å²) in [6.45, 7) is 0. The van der Waals surface area contributed by atoms with Crippen LogP contribution in [0, 0.1) is 0 Å². The molecule has 3 aromatic rings. The lowest BCUT2D eigenvalue weighted by Crippen LogP contribution is -1.90. The van der Waals surface area contributed by atoms with Crippen molar-refractivity contribution in [3.63, 3.8) is 0 Å². The molecule has 0 aliphatic rings. The molecule has 1 heterocycles. The molecule has 1 aromatic heterocycles. The first-order valence-electron chi connectivity index (χ1n) is 6.11. The Morgan fingerprint density at radius 2 is 1.84 bits per heavy atom. The fraction of sp³-hybridized carbons (Fsp3) is 0. The molecular weight excluding hydrogens is 234 g/mol. The molecule has 3 rings (SSSR count). The summed E-state index contributed by atoms with van der Waals surface area (Å²) in [5, 5.41) is 5.32. The minimum atomic E-state index is 0.952. The average molecular weight is 247 g/mol. The zero-order chi connectivity index (χ0) is 12.9. The number of nitrogens with zero attached hydrogens (tertiary/aromatic N) is 2. The fourth-order valence-corrected chi connectivity index (χ4v) is 1.87. The molecule has 2 aromatic carbocycles. The number of hydrogen-bond donors (Lipinski definition) is 1. The molecule has 0 aliphatic carbocycles. The summed E-state index contributed by atoms with van der Waals surface area (Å²) in [4.78, 5) is 4.28. The topological polar surface area (TPSA) is 37.3 Å². The summed E-state index contributed by atoms with van der Waals surface area (Å²) >= 11 is 0. The minimum absolute atomic E-state index is 0.952. The van der Waals surface area contributed by atoms with Gasteiger partial charge in [0.15, 0.2) is 0 Å². The lowest BCUT2D eigenvalue weighted by molar-refractivity contribution is 1.35. The first kappa shape index (κ1) is 11.4. The Morgan fingerprint density at radius 3 is 2.74 bits per heavy atom. The summed E-state index contributed by atoms with van der Waals surface area (Å²) in [6, 6.07) is 19.9. The number of fused-ring (bicyclic) bond motifs is 1. The third kappa shape index (κ3) is 2.77. The summed E-state index contributed by atoms with van der Waals surface area (Å²) < 4.78 is 0. The summed E-state index contributed by atoms with van der Waals surface area (Å²) in [7, 11) is 0. The predicted octanol–water partition coefficient (Wildman–Crippen LogP) is 3.68. The molecule has 0 amide bonds. The molecule has 1 N–H and O–H groups in total. The van der Waals surface area contributed by atoms with Crippen molar-refractivity contribution in [1.82, 2.24) is 4.98 Å². The second-order valence-electron chi connectivity index (χ2n) is 4.19. The van der Waals surface area contributed by atoms with Gasteiger partial charge in [-0.1, -0.05) is 36.4 Å². The highest BCUT2D eigenvalue weighted by atomic mass is 15.3. The van der Waals surface area contributed by atoms with Crippen molar-refractivity contribution in [3.05, 3.63) is 72.4 Å². The van der Waals surface area contributed by atoms with Crippen LogP contribution >= 0.6 is 0 Å². The van der Waals surface area contributed by atoms with Crippen molar-refractivity contribution in [2.45, 2.75) is 0 Å². The van der Waals surface area contributed by atoms with Gasteiger partial charge in [0, 0.05) is 11.6 Å². The zero-order valence-electron chi connectivity index (χ0n) is 10.3. The van der Waals surface area contributed by atoms with Crippen molar-refractivity contribution in [2.24, 2.45) is 5.10 Å². The molecule has 0 saturated carbocycles. The highest BCUT2D eigenvalue weighted by molar-refractivity contribution is 5.83. The van der Waals surface area contributed by atoms with Gasteiger partial charge in [0.25, 0.3) is 0 Å². The van der Waals surface area contributed by atoms with Crippen LogP contribution in [0.4, 0.5) is 5.69 Å². The Morgan fingerprint density at radius 1 is 0.947 bits per heavy atom.